The van der Waals surface area contributed by atoms with Gasteiger partial charge in [-0.25, -0.2) is 32.4 Å². The number of hydrogen-bond acceptors (Lipinski definition) is 14. The Morgan fingerprint density at radius 1 is 1.05 bits per heavy atom. The number of aromatic amines is 1. The van der Waals surface area contributed by atoms with Gasteiger partial charge in [0.2, 0.25) is 12.6 Å². The largest absolute Gasteiger partial charge is 0.510 e. The lowest BCUT2D eigenvalue weighted by molar-refractivity contribution is -0.148. The standard InChI is InChI=1S/C23H36FN2O14P/c1-12(2)34-21(30)36-15(6)39-41(32,40-16(7)37-22(31)35-13(3)4)33-11-23(10-24)18(28)14(5)19(38-23)26-9-8-17(27)25-20(26)29/h8-9,12-16,18-19,28H,10-11H2,1-7H3,(H,25,27,29)/t14-,15?,16?,18-,19+,23+,41?/m0/s1. The number of nitrogens with one attached hydrogen (secondary N) is 1. The summed E-state index contributed by atoms with van der Waals surface area (Å²) < 4.78 is 69.7. The third-order valence-electron chi connectivity index (χ3n) is 5.40. The van der Waals surface area contributed by atoms with Crippen molar-refractivity contribution in [2.75, 3.05) is 13.3 Å². The Bertz CT molecular complexity index is 1170. The number of H-pyrrole nitrogens is 1. The molecule has 1 aliphatic rings. The molecule has 0 radical (unpaired) electrons. The van der Waals surface area contributed by atoms with Crippen LogP contribution in [0.15, 0.2) is 21.9 Å². The van der Waals surface area contributed by atoms with Gasteiger partial charge < -0.3 is 28.8 Å². The summed E-state index contributed by atoms with van der Waals surface area (Å²) in [5.41, 5.74) is -3.77. The fourth-order valence-corrected chi connectivity index (χ4v) is 5.01. The molecule has 234 valence electrons. The lowest BCUT2D eigenvalue weighted by atomic mass is 9.92. The van der Waals surface area contributed by atoms with Gasteiger partial charge in [-0.1, -0.05) is 6.92 Å². The minimum atomic E-state index is -4.91. The van der Waals surface area contributed by atoms with Crippen molar-refractivity contribution >= 4 is 20.1 Å². The van der Waals surface area contributed by atoms with Crippen molar-refractivity contribution in [3.05, 3.63) is 33.1 Å². The fraction of sp³-hybridized carbons (Fsp3) is 0.739. The van der Waals surface area contributed by atoms with Crippen LogP contribution in [0.4, 0.5) is 14.0 Å². The van der Waals surface area contributed by atoms with E-state index in [1.54, 1.807) is 27.7 Å². The number of phosphoric ester groups is 1. The van der Waals surface area contributed by atoms with Crippen LogP contribution in [0.25, 0.3) is 0 Å². The van der Waals surface area contributed by atoms with Crippen LogP contribution < -0.4 is 11.2 Å². The second-order valence-electron chi connectivity index (χ2n) is 9.66. The molecule has 1 fully saturated rings. The summed E-state index contributed by atoms with van der Waals surface area (Å²) in [6.07, 6.45) is -8.50. The first-order chi connectivity index (χ1) is 19.0. The second-order valence-corrected chi connectivity index (χ2v) is 11.2. The number of phosphoric acid groups is 1. The molecule has 0 aliphatic carbocycles. The highest BCUT2D eigenvalue weighted by Gasteiger charge is 2.55. The summed E-state index contributed by atoms with van der Waals surface area (Å²) in [5, 5.41) is 10.9. The number of hydrogen-bond donors (Lipinski definition) is 2. The third kappa shape index (κ3) is 9.61. The van der Waals surface area contributed by atoms with Crippen LogP contribution in [-0.2, 0) is 41.8 Å². The molecule has 1 saturated heterocycles. The SMILES string of the molecule is CC(C)OC(=O)OC(C)OP(=O)(OC[C@@]1(CF)O[C@@H](n2ccc(=O)[nH]c2=O)[C@@H](C)[C@@H]1O)OC(C)OC(=O)OC(C)C. The number of aliphatic hydroxyl groups excluding tert-OH is 1. The Morgan fingerprint density at radius 3 is 2.00 bits per heavy atom. The molecule has 16 nitrogen and oxygen atoms in total. The predicted octanol–water partition coefficient (Wildman–Crippen LogP) is 2.74. The monoisotopic (exact) mass is 614 g/mol. The number of carbonyl (C=O) groups excluding carboxylic acids is 2. The lowest BCUT2D eigenvalue weighted by Gasteiger charge is -2.31. The van der Waals surface area contributed by atoms with Gasteiger partial charge in [0.05, 0.1) is 24.9 Å². The van der Waals surface area contributed by atoms with Gasteiger partial charge in [0.1, 0.15) is 18.5 Å². The van der Waals surface area contributed by atoms with E-state index in [0.29, 0.717) is 0 Å². The first-order valence-corrected chi connectivity index (χ1v) is 14.1. The summed E-state index contributed by atoms with van der Waals surface area (Å²) in [6.45, 7) is 7.58. The highest BCUT2D eigenvalue weighted by atomic mass is 31.2. The van der Waals surface area contributed by atoms with E-state index in [9.17, 15) is 33.2 Å². The Hall–Kier alpha value is -2.82. The number of aliphatic hydroxyl groups is 1. The van der Waals surface area contributed by atoms with E-state index < -0.39 is 93.3 Å². The van der Waals surface area contributed by atoms with Gasteiger partial charge in [0, 0.05) is 18.2 Å². The number of rotatable bonds is 13. The topological polar surface area (TPSA) is 200 Å². The molecule has 1 aliphatic heterocycles. The van der Waals surface area contributed by atoms with E-state index in [4.69, 9.17) is 37.3 Å². The van der Waals surface area contributed by atoms with Gasteiger partial charge in [-0.3, -0.25) is 18.9 Å². The molecule has 2 N–H and O–H groups in total. The number of nitrogens with zero attached hydrogens (tertiary/aromatic N) is 1. The van der Waals surface area contributed by atoms with Crippen LogP contribution in [0.3, 0.4) is 0 Å². The predicted molar refractivity (Wildman–Crippen MR) is 135 cm³/mol. The van der Waals surface area contributed by atoms with Crippen molar-refractivity contribution in [2.45, 2.75) is 91.2 Å². The van der Waals surface area contributed by atoms with Gasteiger partial charge in [-0.2, -0.15) is 0 Å². The number of aromatic nitrogens is 2. The molecule has 2 unspecified atom stereocenters. The molecule has 0 saturated carbocycles. The number of carbonyl (C=O) groups is 2. The summed E-state index contributed by atoms with van der Waals surface area (Å²) in [7, 11) is -4.91. The number of halogens is 1. The summed E-state index contributed by atoms with van der Waals surface area (Å²) >= 11 is 0. The summed E-state index contributed by atoms with van der Waals surface area (Å²) in [4.78, 5) is 49.4. The minimum absolute atomic E-state index is 0.551. The van der Waals surface area contributed by atoms with Crippen molar-refractivity contribution < 1.29 is 60.9 Å². The molecular formula is C23H36FN2O14P. The molecule has 0 aromatic carbocycles. The quantitative estimate of drug-likeness (QED) is 0.187. The van der Waals surface area contributed by atoms with Gasteiger partial charge in [0.15, 0.2) is 0 Å². The van der Waals surface area contributed by atoms with Crippen molar-refractivity contribution in [3.63, 3.8) is 0 Å². The Balaban J connectivity index is 2.28. The number of alkyl halides is 1. The first kappa shape index (κ1) is 34.4. The lowest BCUT2D eigenvalue weighted by Crippen LogP contribution is -2.47. The summed E-state index contributed by atoms with van der Waals surface area (Å²) in [5.74, 6) is -0.930. The molecule has 2 rings (SSSR count). The van der Waals surface area contributed by atoms with Crippen LogP contribution in [0.2, 0.25) is 0 Å². The molecule has 6 atom stereocenters. The smallest absolute Gasteiger partial charge is 0.432 e. The second kappa shape index (κ2) is 14.4. The molecule has 0 amide bonds. The van der Waals surface area contributed by atoms with E-state index >= 15 is 0 Å². The maximum Gasteiger partial charge on any atom is 0.510 e. The average molecular weight is 615 g/mol. The Kier molecular flexibility index (Phi) is 12.1. The van der Waals surface area contributed by atoms with Gasteiger partial charge in [0.25, 0.3) is 5.56 Å². The highest BCUT2D eigenvalue weighted by Crippen LogP contribution is 2.54. The van der Waals surface area contributed by atoms with E-state index in [1.807, 2.05) is 4.98 Å². The van der Waals surface area contributed by atoms with E-state index in [0.717, 1.165) is 30.7 Å². The zero-order chi connectivity index (χ0) is 31.1. The maximum absolute atomic E-state index is 14.5. The van der Waals surface area contributed by atoms with Gasteiger partial charge in [-0.15, -0.1) is 0 Å². The average Bonchev–Trinajstić information content (AvgIpc) is 3.07. The molecule has 0 spiro atoms. The summed E-state index contributed by atoms with van der Waals surface area (Å²) in [6, 6.07) is 1.03. The minimum Gasteiger partial charge on any atom is -0.432 e. The van der Waals surface area contributed by atoms with Gasteiger partial charge in [-0.05, 0) is 41.5 Å². The Labute approximate surface area is 234 Å². The van der Waals surface area contributed by atoms with Crippen LogP contribution >= 0.6 is 7.82 Å². The normalized spacial score (nSPS) is 25.4. The van der Waals surface area contributed by atoms with E-state index in [2.05, 4.69) is 0 Å². The molecule has 1 aromatic rings. The maximum atomic E-state index is 14.5. The van der Waals surface area contributed by atoms with Crippen LogP contribution in [-0.4, -0.2) is 76.7 Å². The van der Waals surface area contributed by atoms with Crippen LogP contribution in [0, 0.1) is 5.92 Å². The number of ether oxygens (including phenoxy) is 5. The highest BCUT2D eigenvalue weighted by molar-refractivity contribution is 7.48. The Morgan fingerprint density at radius 2 is 1.56 bits per heavy atom. The molecular weight excluding hydrogens is 578 g/mol. The third-order valence-corrected chi connectivity index (χ3v) is 6.96. The van der Waals surface area contributed by atoms with Gasteiger partial charge >= 0.3 is 25.8 Å². The zero-order valence-electron chi connectivity index (χ0n) is 23.6. The molecule has 1 aromatic heterocycles. The van der Waals surface area contributed by atoms with Crippen molar-refractivity contribution in [3.8, 4) is 0 Å². The molecule has 18 heteroatoms. The fourth-order valence-electron chi connectivity index (χ4n) is 3.65. The van der Waals surface area contributed by atoms with Crippen molar-refractivity contribution in [1.29, 1.82) is 0 Å². The first-order valence-electron chi connectivity index (χ1n) is 12.6. The van der Waals surface area contributed by atoms with E-state index in [-0.39, 0.29) is 0 Å². The van der Waals surface area contributed by atoms with Crippen molar-refractivity contribution in [2.24, 2.45) is 5.92 Å². The van der Waals surface area contributed by atoms with Crippen LogP contribution in [0.5, 0.6) is 0 Å². The molecule has 41 heavy (non-hydrogen) atoms. The van der Waals surface area contributed by atoms with Crippen LogP contribution in [0.1, 0.15) is 54.7 Å². The molecule has 2 heterocycles. The van der Waals surface area contributed by atoms with E-state index in [1.165, 1.54) is 6.92 Å². The van der Waals surface area contributed by atoms with Crippen molar-refractivity contribution in [1.82, 2.24) is 9.55 Å². The zero-order valence-corrected chi connectivity index (χ0v) is 24.5. The molecule has 0 bridgehead atoms.